The van der Waals surface area contributed by atoms with Crippen LogP contribution in [0.2, 0.25) is 0 Å². The number of aromatic nitrogens is 2. The van der Waals surface area contributed by atoms with Gasteiger partial charge in [-0.2, -0.15) is 5.10 Å². The van der Waals surface area contributed by atoms with E-state index in [-0.39, 0.29) is 18.6 Å². The zero-order valence-corrected chi connectivity index (χ0v) is 12.5. The molecular weight excluding hydrogens is 298 g/mol. The van der Waals surface area contributed by atoms with Gasteiger partial charge in [-0.15, -0.1) is 0 Å². The molecule has 1 fully saturated rings. The Morgan fingerprint density at radius 3 is 2.96 bits per heavy atom. The van der Waals surface area contributed by atoms with Gasteiger partial charge < -0.3 is 19.5 Å². The molecule has 0 aliphatic carbocycles. The number of ether oxygens (including phenoxy) is 3. The fourth-order valence-electron chi connectivity index (χ4n) is 2.70. The van der Waals surface area contributed by atoms with Crippen LogP contribution >= 0.6 is 0 Å². The van der Waals surface area contributed by atoms with E-state index in [4.69, 9.17) is 14.2 Å². The molecule has 0 saturated carbocycles. The third-order valence-corrected chi connectivity index (χ3v) is 3.95. The summed E-state index contributed by atoms with van der Waals surface area (Å²) in [5.74, 6) is 0.991. The molecule has 23 heavy (non-hydrogen) atoms. The average Bonchev–Trinajstić information content (AvgIpc) is 3.25. The lowest BCUT2D eigenvalue weighted by molar-refractivity contribution is -0.125. The maximum absolute atomic E-state index is 12.3. The van der Waals surface area contributed by atoms with Crippen LogP contribution in [0.25, 0.3) is 0 Å². The first-order chi connectivity index (χ1) is 11.3. The number of hydrogen-bond acceptors (Lipinski definition) is 5. The van der Waals surface area contributed by atoms with E-state index >= 15 is 0 Å². The van der Waals surface area contributed by atoms with Crippen LogP contribution in [0.3, 0.4) is 0 Å². The van der Waals surface area contributed by atoms with Crippen molar-refractivity contribution in [2.75, 3.05) is 25.1 Å². The second-order valence-electron chi connectivity index (χ2n) is 5.58. The summed E-state index contributed by atoms with van der Waals surface area (Å²) in [7, 11) is 0. The topological polar surface area (TPSA) is 74.6 Å². The molecule has 0 radical (unpaired) electrons. The number of para-hydroxylation sites is 2. The molecule has 7 heteroatoms. The highest BCUT2D eigenvalue weighted by Crippen LogP contribution is 2.31. The van der Waals surface area contributed by atoms with Gasteiger partial charge in [0.05, 0.1) is 24.5 Å². The molecule has 1 aromatic carbocycles. The molecule has 0 spiro atoms. The van der Waals surface area contributed by atoms with E-state index in [0.29, 0.717) is 23.8 Å². The summed E-state index contributed by atoms with van der Waals surface area (Å²) in [4.78, 5) is 12.3. The minimum Gasteiger partial charge on any atom is -0.485 e. The summed E-state index contributed by atoms with van der Waals surface area (Å²) in [6.07, 6.45) is 3.71. The molecule has 0 unspecified atom stereocenters. The van der Waals surface area contributed by atoms with Crippen molar-refractivity contribution in [3.05, 3.63) is 36.7 Å². The Bertz CT molecular complexity index is 709. The van der Waals surface area contributed by atoms with E-state index in [1.54, 1.807) is 12.3 Å². The Labute approximate surface area is 133 Å². The highest BCUT2D eigenvalue weighted by molar-refractivity contribution is 5.94. The molecule has 120 valence electrons. The van der Waals surface area contributed by atoms with Gasteiger partial charge in [-0.1, -0.05) is 12.1 Å². The maximum Gasteiger partial charge on any atom is 0.269 e. The van der Waals surface area contributed by atoms with Gasteiger partial charge in [0.25, 0.3) is 5.91 Å². The van der Waals surface area contributed by atoms with Gasteiger partial charge in [-0.05, 0) is 18.6 Å². The van der Waals surface area contributed by atoms with Gasteiger partial charge in [-0.25, -0.2) is 0 Å². The van der Waals surface area contributed by atoms with Gasteiger partial charge in [0.2, 0.25) is 6.10 Å². The van der Waals surface area contributed by atoms with Crippen molar-refractivity contribution < 1.29 is 19.0 Å². The van der Waals surface area contributed by atoms with Crippen molar-refractivity contribution in [1.82, 2.24) is 9.78 Å². The minimum atomic E-state index is -0.678. The molecule has 1 aromatic heterocycles. The van der Waals surface area contributed by atoms with Crippen molar-refractivity contribution in [1.29, 1.82) is 0 Å². The van der Waals surface area contributed by atoms with E-state index in [1.807, 2.05) is 29.1 Å². The molecule has 2 atom stereocenters. The summed E-state index contributed by atoms with van der Waals surface area (Å²) in [6, 6.07) is 7.55. The third-order valence-electron chi connectivity index (χ3n) is 3.95. The third kappa shape index (κ3) is 2.87. The molecule has 7 nitrogen and oxygen atoms in total. The molecule has 2 aliphatic heterocycles. The van der Waals surface area contributed by atoms with Crippen LogP contribution < -0.4 is 14.8 Å². The standard InChI is InChI=1S/C16H17N3O4/c20-16(15-10-22-13-3-1-2-4-14(13)23-15)18-11-7-17-19(8-11)12-5-6-21-9-12/h1-4,7-8,12,15H,5-6,9-10H2,(H,18,20)/t12-,15+/m0/s1. The number of benzene rings is 1. The number of nitrogens with zero attached hydrogens (tertiary/aromatic N) is 2. The van der Waals surface area contributed by atoms with Crippen LogP contribution in [-0.2, 0) is 9.53 Å². The molecule has 2 aromatic rings. The summed E-state index contributed by atoms with van der Waals surface area (Å²) in [5, 5.41) is 7.10. The maximum atomic E-state index is 12.3. The summed E-state index contributed by atoms with van der Waals surface area (Å²) in [6.45, 7) is 1.59. The predicted molar refractivity (Wildman–Crippen MR) is 81.7 cm³/mol. The monoisotopic (exact) mass is 315 g/mol. The van der Waals surface area contributed by atoms with Gasteiger partial charge in [0, 0.05) is 12.8 Å². The van der Waals surface area contributed by atoms with E-state index in [9.17, 15) is 4.79 Å². The summed E-state index contributed by atoms with van der Waals surface area (Å²) in [5.41, 5.74) is 0.643. The Morgan fingerprint density at radius 1 is 1.26 bits per heavy atom. The molecular formula is C16H17N3O4. The predicted octanol–water partition coefficient (Wildman–Crippen LogP) is 1.62. The zero-order valence-electron chi connectivity index (χ0n) is 12.5. The number of hydrogen-bond donors (Lipinski definition) is 1. The Kier molecular flexibility index (Phi) is 3.63. The lowest BCUT2D eigenvalue weighted by atomic mass is 10.2. The van der Waals surface area contributed by atoms with E-state index in [0.717, 1.165) is 13.0 Å². The van der Waals surface area contributed by atoms with Gasteiger partial charge >= 0.3 is 0 Å². The molecule has 2 aliphatic rings. The van der Waals surface area contributed by atoms with Crippen LogP contribution in [0.15, 0.2) is 36.7 Å². The lowest BCUT2D eigenvalue weighted by Crippen LogP contribution is -2.40. The van der Waals surface area contributed by atoms with Gasteiger partial charge in [0.15, 0.2) is 11.5 Å². The number of carbonyl (C=O) groups is 1. The van der Waals surface area contributed by atoms with Crippen molar-refractivity contribution >= 4 is 11.6 Å². The SMILES string of the molecule is O=C(Nc1cnn([C@H]2CCOC2)c1)[C@H]1COc2ccccc2O1. The molecule has 3 heterocycles. The average molecular weight is 315 g/mol. The lowest BCUT2D eigenvalue weighted by Gasteiger charge is -2.25. The van der Waals surface area contributed by atoms with E-state index < -0.39 is 6.10 Å². The van der Waals surface area contributed by atoms with Gasteiger partial charge in [-0.3, -0.25) is 9.48 Å². The smallest absolute Gasteiger partial charge is 0.269 e. The number of anilines is 1. The number of amides is 1. The molecule has 1 amide bonds. The quantitative estimate of drug-likeness (QED) is 0.931. The molecule has 0 bridgehead atoms. The van der Waals surface area contributed by atoms with Crippen LogP contribution in [0.1, 0.15) is 12.5 Å². The largest absolute Gasteiger partial charge is 0.485 e. The number of fused-ring (bicyclic) bond motifs is 1. The van der Waals surface area contributed by atoms with Crippen molar-refractivity contribution in [3.8, 4) is 11.5 Å². The highest BCUT2D eigenvalue weighted by Gasteiger charge is 2.28. The molecule has 1 saturated heterocycles. The number of nitrogens with one attached hydrogen (secondary N) is 1. The van der Waals surface area contributed by atoms with E-state index in [1.165, 1.54) is 0 Å². The Hall–Kier alpha value is -2.54. The second kappa shape index (κ2) is 5.92. The Morgan fingerprint density at radius 2 is 2.13 bits per heavy atom. The van der Waals surface area contributed by atoms with Crippen molar-refractivity contribution in [2.24, 2.45) is 0 Å². The number of carbonyl (C=O) groups excluding carboxylic acids is 1. The first-order valence-corrected chi connectivity index (χ1v) is 7.61. The minimum absolute atomic E-state index is 0.188. The highest BCUT2D eigenvalue weighted by atomic mass is 16.6. The fraction of sp³-hybridized carbons (Fsp3) is 0.375. The normalized spacial score (nSPS) is 22.8. The first kappa shape index (κ1) is 14.1. The van der Waals surface area contributed by atoms with Crippen LogP contribution in [0.5, 0.6) is 11.5 Å². The molecule has 1 N–H and O–H groups in total. The van der Waals surface area contributed by atoms with Crippen molar-refractivity contribution in [2.45, 2.75) is 18.6 Å². The zero-order chi connectivity index (χ0) is 15.6. The number of rotatable bonds is 3. The first-order valence-electron chi connectivity index (χ1n) is 7.61. The summed E-state index contributed by atoms with van der Waals surface area (Å²) >= 11 is 0. The van der Waals surface area contributed by atoms with Crippen LogP contribution in [-0.4, -0.2) is 41.6 Å². The second-order valence-corrected chi connectivity index (χ2v) is 5.58. The van der Waals surface area contributed by atoms with Crippen molar-refractivity contribution in [3.63, 3.8) is 0 Å². The van der Waals surface area contributed by atoms with Crippen LogP contribution in [0.4, 0.5) is 5.69 Å². The molecule has 4 rings (SSSR count). The van der Waals surface area contributed by atoms with Crippen LogP contribution in [0, 0.1) is 0 Å². The fourth-order valence-corrected chi connectivity index (χ4v) is 2.70. The summed E-state index contributed by atoms with van der Waals surface area (Å²) < 4.78 is 18.4. The van der Waals surface area contributed by atoms with Gasteiger partial charge in [0.1, 0.15) is 6.61 Å². The van der Waals surface area contributed by atoms with E-state index in [2.05, 4.69) is 10.4 Å². The Balaban J connectivity index is 1.40.